The van der Waals surface area contributed by atoms with Crippen LogP contribution in [0.5, 0.6) is 0 Å². The van der Waals surface area contributed by atoms with Crippen molar-refractivity contribution in [3.05, 3.63) is 53.2 Å². The molecule has 0 saturated heterocycles. The molecule has 0 bridgehead atoms. The first kappa shape index (κ1) is 14.5. The number of rotatable bonds is 4. The summed E-state index contributed by atoms with van der Waals surface area (Å²) in [5, 5.41) is 12.0. The minimum atomic E-state index is -0.980. The second-order valence-electron chi connectivity index (χ2n) is 4.35. The Hall–Kier alpha value is -2.89. The van der Waals surface area contributed by atoms with Crippen LogP contribution >= 0.6 is 0 Å². The van der Waals surface area contributed by atoms with E-state index in [4.69, 9.17) is 9.84 Å². The molecule has 2 rings (SSSR count). The van der Waals surface area contributed by atoms with Gasteiger partial charge in [-0.2, -0.15) is 0 Å². The van der Waals surface area contributed by atoms with Gasteiger partial charge in [-0.05, 0) is 42.8 Å². The molecule has 6 heteroatoms. The number of aryl methyl sites for hydroxylation is 1. The standard InChI is InChI=1S/C15H14N2O4/c1-9-8-10(5-6-11(9)14(18)19)17-13-12(15(20)21-2)4-3-7-16-13/h3-8H,1-2H3,(H,16,17)(H,18,19). The summed E-state index contributed by atoms with van der Waals surface area (Å²) in [5.41, 5.74) is 1.79. The molecule has 1 heterocycles. The number of hydrogen-bond donors (Lipinski definition) is 2. The number of benzene rings is 1. The van der Waals surface area contributed by atoms with E-state index in [1.54, 1.807) is 37.4 Å². The van der Waals surface area contributed by atoms with Gasteiger partial charge < -0.3 is 15.2 Å². The zero-order valence-corrected chi connectivity index (χ0v) is 11.6. The SMILES string of the molecule is COC(=O)c1cccnc1Nc1ccc(C(=O)O)c(C)c1. The van der Waals surface area contributed by atoms with Gasteiger partial charge in [0.1, 0.15) is 11.4 Å². The topological polar surface area (TPSA) is 88.5 Å². The Balaban J connectivity index is 2.33. The number of nitrogens with zero attached hydrogens (tertiary/aromatic N) is 1. The maximum absolute atomic E-state index is 11.7. The second-order valence-corrected chi connectivity index (χ2v) is 4.35. The molecule has 1 aromatic carbocycles. The van der Waals surface area contributed by atoms with Gasteiger partial charge in [-0.3, -0.25) is 0 Å². The maximum Gasteiger partial charge on any atom is 0.341 e. The van der Waals surface area contributed by atoms with Crippen molar-refractivity contribution in [1.29, 1.82) is 0 Å². The number of carbonyl (C=O) groups is 2. The van der Waals surface area contributed by atoms with Crippen molar-refractivity contribution in [2.24, 2.45) is 0 Å². The van der Waals surface area contributed by atoms with Crippen LogP contribution in [0.3, 0.4) is 0 Å². The molecule has 0 aliphatic heterocycles. The summed E-state index contributed by atoms with van der Waals surface area (Å²) in [5.74, 6) is -1.12. The van der Waals surface area contributed by atoms with Crippen LogP contribution in [-0.4, -0.2) is 29.1 Å². The first-order chi connectivity index (χ1) is 10.0. The van der Waals surface area contributed by atoms with E-state index in [2.05, 4.69) is 10.3 Å². The fraction of sp³-hybridized carbons (Fsp3) is 0.133. The lowest BCUT2D eigenvalue weighted by molar-refractivity contribution is 0.0600. The van der Waals surface area contributed by atoms with Gasteiger partial charge in [0.15, 0.2) is 0 Å². The number of pyridine rings is 1. The lowest BCUT2D eigenvalue weighted by Crippen LogP contribution is -2.07. The van der Waals surface area contributed by atoms with Crippen LogP contribution < -0.4 is 5.32 Å². The number of aromatic nitrogens is 1. The fourth-order valence-electron chi connectivity index (χ4n) is 1.90. The van der Waals surface area contributed by atoms with Crippen molar-refractivity contribution < 1.29 is 19.4 Å². The molecular formula is C15H14N2O4. The molecule has 2 aromatic rings. The number of carbonyl (C=O) groups excluding carboxylic acids is 1. The van der Waals surface area contributed by atoms with Gasteiger partial charge in [0, 0.05) is 11.9 Å². The number of aromatic carboxylic acids is 1. The molecule has 0 aliphatic rings. The molecule has 0 spiro atoms. The highest BCUT2D eigenvalue weighted by Gasteiger charge is 2.13. The Kier molecular flexibility index (Phi) is 4.18. The third kappa shape index (κ3) is 3.17. The largest absolute Gasteiger partial charge is 0.478 e. The highest BCUT2D eigenvalue weighted by molar-refractivity contribution is 5.95. The summed E-state index contributed by atoms with van der Waals surface area (Å²) < 4.78 is 4.69. The number of methoxy groups -OCH3 is 1. The summed E-state index contributed by atoms with van der Waals surface area (Å²) in [6.45, 7) is 1.70. The van der Waals surface area contributed by atoms with Crippen molar-refractivity contribution in [3.63, 3.8) is 0 Å². The monoisotopic (exact) mass is 286 g/mol. The summed E-state index contributed by atoms with van der Waals surface area (Å²) in [6, 6.07) is 8.03. The van der Waals surface area contributed by atoms with Crippen molar-refractivity contribution in [2.75, 3.05) is 12.4 Å². The van der Waals surface area contributed by atoms with Crippen LogP contribution in [0.1, 0.15) is 26.3 Å². The molecule has 1 aromatic heterocycles. The van der Waals surface area contributed by atoms with Crippen molar-refractivity contribution in [1.82, 2.24) is 4.98 Å². The van der Waals surface area contributed by atoms with Crippen LogP contribution in [-0.2, 0) is 4.74 Å². The molecule has 6 nitrogen and oxygen atoms in total. The number of ether oxygens (including phenoxy) is 1. The Labute approximate surface area is 121 Å². The van der Waals surface area contributed by atoms with E-state index in [1.807, 2.05) is 0 Å². The summed E-state index contributed by atoms with van der Waals surface area (Å²) in [6.07, 6.45) is 1.55. The Morgan fingerprint density at radius 2 is 2.00 bits per heavy atom. The predicted octanol–water partition coefficient (Wildman–Crippen LogP) is 2.62. The lowest BCUT2D eigenvalue weighted by atomic mass is 10.1. The van der Waals surface area contributed by atoms with Crippen LogP contribution in [0.4, 0.5) is 11.5 Å². The number of esters is 1. The van der Waals surface area contributed by atoms with Gasteiger partial charge in [-0.1, -0.05) is 0 Å². The number of carboxylic acids is 1. The molecule has 0 amide bonds. The van der Waals surface area contributed by atoms with E-state index in [0.29, 0.717) is 22.6 Å². The van der Waals surface area contributed by atoms with E-state index >= 15 is 0 Å². The quantitative estimate of drug-likeness (QED) is 0.840. The molecular weight excluding hydrogens is 272 g/mol. The van der Waals surface area contributed by atoms with E-state index in [0.717, 1.165) is 0 Å². The Morgan fingerprint density at radius 1 is 1.24 bits per heavy atom. The van der Waals surface area contributed by atoms with Crippen LogP contribution in [0.15, 0.2) is 36.5 Å². The highest BCUT2D eigenvalue weighted by atomic mass is 16.5. The van der Waals surface area contributed by atoms with Crippen molar-refractivity contribution in [2.45, 2.75) is 6.92 Å². The number of carboxylic acid groups (broad SMARTS) is 1. The summed E-state index contributed by atoms with van der Waals surface area (Å²) in [7, 11) is 1.30. The molecule has 0 unspecified atom stereocenters. The molecule has 21 heavy (non-hydrogen) atoms. The summed E-state index contributed by atoms with van der Waals surface area (Å²) in [4.78, 5) is 26.7. The van der Waals surface area contributed by atoms with Crippen LogP contribution in [0.2, 0.25) is 0 Å². The Bertz CT molecular complexity index is 698. The van der Waals surface area contributed by atoms with Gasteiger partial charge in [0.05, 0.1) is 12.7 Å². The number of hydrogen-bond acceptors (Lipinski definition) is 5. The Morgan fingerprint density at radius 3 is 2.62 bits per heavy atom. The predicted molar refractivity (Wildman–Crippen MR) is 77.0 cm³/mol. The van der Waals surface area contributed by atoms with E-state index in [-0.39, 0.29) is 5.56 Å². The first-order valence-corrected chi connectivity index (χ1v) is 6.17. The smallest absolute Gasteiger partial charge is 0.341 e. The fourth-order valence-corrected chi connectivity index (χ4v) is 1.90. The van der Waals surface area contributed by atoms with Gasteiger partial charge in [-0.15, -0.1) is 0 Å². The minimum absolute atomic E-state index is 0.231. The van der Waals surface area contributed by atoms with E-state index in [9.17, 15) is 9.59 Å². The number of nitrogens with one attached hydrogen (secondary N) is 1. The zero-order chi connectivity index (χ0) is 15.4. The number of anilines is 2. The van der Waals surface area contributed by atoms with Gasteiger partial charge in [0.2, 0.25) is 0 Å². The maximum atomic E-state index is 11.7. The molecule has 0 radical (unpaired) electrons. The van der Waals surface area contributed by atoms with Crippen LogP contribution in [0, 0.1) is 6.92 Å². The highest BCUT2D eigenvalue weighted by Crippen LogP contribution is 2.21. The van der Waals surface area contributed by atoms with Gasteiger partial charge >= 0.3 is 11.9 Å². The first-order valence-electron chi connectivity index (χ1n) is 6.17. The van der Waals surface area contributed by atoms with Gasteiger partial charge in [-0.25, -0.2) is 14.6 Å². The molecule has 2 N–H and O–H groups in total. The third-order valence-corrected chi connectivity index (χ3v) is 2.93. The zero-order valence-electron chi connectivity index (χ0n) is 11.6. The molecule has 0 saturated carbocycles. The van der Waals surface area contributed by atoms with Crippen molar-refractivity contribution >= 4 is 23.4 Å². The van der Waals surface area contributed by atoms with Crippen molar-refractivity contribution in [3.8, 4) is 0 Å². The minimum Gasteiger partial charge on any atom is -0.478 e. The molecule has 0 aliphatic carbocycles. The second kappa shape index (κ2) is 6.04. The third-order valence-electron chi connectivity index (χ3n) is 2.93. The van der Waals surface area contributed by atoms with Gasteiger partial charge in [0.25, 0.3) is 0 Å². The summed E-state index contributed by atoms with van der Waals surface area (Å²) >= 11 is 0. The molecule has 0 fully saturated rings. The lowest BCUT2D eigenvalue weighted by Gasteiger charge is -2.10. The van der Waals surface area contributed by atoms with E-state index in [1.165, 1.54) is 13.2 Å². The van der Waals surface area contributed by atoms with E-state index < -0.39 is 11.9 Å². The average Bonchev–Trinajstić information content (AvgIpc) is 2.46. The van der Waals surface area contributed by atoms with Crippen LogP contribution in [0.25, 0.3) is 0 Å². The molecule has 0 atom stereocenters. The normalized spacial score (nSPS) is 10.0. The average molecular weight is 286 g/mol. The molecule has 108 valence electrons.